The first-order chi connectivity index (χ1) is 9.26. The Labute approximate surface area is 117 Å². The van der Waals surface area contributed by atoms with Gasteiger partial charge in [-0.25, -0.2) is 0 Å². The molecule has 0 spiro atoms. The Hall–Kier alpha value is -1.01. The Balaban J connectivity index is 1.58. The molecule has 3 unspecified atom stereocenters. The summed E-state index contributed by atoms with van der Waals surface area (Å²) in [4.78, 5) is 12.2. The Bertz CT molecular complexity index is 447. The minimum Gasteiger partial charge on any atom is -0.303 e. The van der Waals surface area contributed by atoms with Crippen LogP contribution in [-0.4, -0.2) is 28.2 Å². The van der Waals surface area contributed by atoms with E-state index in [1.54, 1.807) is 0 Å². The molecule has 2 heterocycles. The van der Waals surface area contributed by atoms with Crippen molar-refractivity contribution in [3.8, 4) is 0 Å². The minimum atomic E-state index is -0.0536. The van der Waals surface area contributed by atoms with Gasteiger partial charge in [-0.15, -0.1) is 10.2 Å². The van der Waals surface area contributed by atoms with Gasteiger partial charge in [-0.3, -0.25) is 10.1 Å². The summed E-state index contributed by atoms with van der Waals surface area (Å²) in [5.41, 5.74) is 0. The van der Waals surface area contributed by atoms with Crippen molar-refractivity contribution in [2.24, 2.45) is 5.92 Å². The van der Waals surface area contributed by atoms with Crippen molar-refractivity contribution in [3.05, 3.63) is 5.01 Å². The molecule has 1 aliphatic carbocycles. The number of carbonyl (C=O) groups excluding carboxylic acids is 1. The molecule has 1 amide bonds. The zero-order valence-electron chi connectivity index (χ0n) is 11.2. The maximum Gasteiger partial charge on any atom is 0.243 e. The van der Waals surface area contributed by atoms with Gasteiger partial charge in [0.25, 0.3) is 0 Å². The Kier molecular flexibility index (Phi) is 3.79. The van der Waals surface area contributed by atoms with Crippen LogP contribution in [0.5, 0.6) is 0 Å². The second kappa shape index (κ2) is 5.54. The highest BCUT2D eigenvalue weighted by atomic mass is 32.1. The number of carbonyl (C=O) groups is 1. The first kappa shape index (κ1) is 13.0. The molecule has 0 bridgehead atoms. The number of rotatable bonds is 3. The third-order valence-electron chi connectivity index (χ3n) is 4.18. The van der Waals surface area contributed by atoms with E-state index in [0.717, 1.165) is 17.8 Å². The summed E-state index contributed by atoms with van der Waals surface area (Å²) in [5.74, 6) is 0.735. The smallest absolute Gasteiger partial charge is 0.243 e. The molecule has 1 aromatic rings. The third kappa shape index (κ3) is 2.79. The van der Waals surface area contributed by atoms with Crippen molar-refractivity contribution in [3.63, 3.8) is 0 Å². The molecule has 3 rings (SSSR count). The minimum absolute atomic E-state index is 0.0493. The van der Waals surface area contributed by atoms with Gasteiger partial charge in [0, 0.05) is 6.04 Å². The fourth-order valence-electron chi connectivity index (χ4n) is 3.16. The molecule has 0 radical (unpaired) electrons. The van der Waals surface area contributed by atoms with E-state index in [9.17, 15) is 4.79 Å². The fourth-order valence-corrected chi connectivity index (χ4v) is 3.84. The fraction of sp³-hybridized carbons (Fsp3) is 0.769. The number of anilines is 1. The third-order valence-corrected chi connectivity index (χ3v) is 5.16. The van der Waals surface area contributed by atoms with Crippen LogP contribution in [-0.2, 0) is 11.2 Å². The second-order valence-corrected chi connectivity index (χ2v) is 6.51. The molecule has 1 aromatic heterocycles. The molecular formula is C13H20N4OS. The molecule has 1 aliphatic heterocycles. The average molecular weight is 280 g/mol. The van der Waals surface area contributed by atoms with E-state index < -0.39 is 0 Å². The van der Waals surface area contributed by atoms with Crippen molar-refractivity contribution < 1.29 is 4.79 Å². The molecular weight excluding hydrogens is 260 g/mol. The number of fused-ring (bicyclic) bond motifs is 1. The molecule has 0 aromatic carbocycles. The molecule has 19 heavy (non-hydrogen) atoms. The SMILES string of the molecule is CCc1nnc(NC(=O)C2CC3CCCCC3N2)s1. The zero-order chi connectivity index (χ0) is 13.2. The first-order valence-electron chi connectivity index (χ1n) is 7.15. The average Bonchev–Trinajstić information content (AvgIpc) is 3.04. The van der Waals surface area contributed by atoms with Crippen LogP contribution >= 0.6 is 11.3 Å². The number of hydrogen-bond acceptors (Lipinski definition) is 5. The van der Waals surface area contributed by atoms with E-state index in [1.807, 2.05) is 6.92 Å². The van der Waals surface area contributed by atoms with Crippen molar-refractivity contribution in [1.29, 1.82) is 0 Å². The van der Waals surface area contributed by atoms with E-state index in [-0.39, 0.29) is 11.9 Å². The Morgan fingerprint density at radius 3 is 3.00 bits per heavy atom. The van der Waals surface area contributed by atoms with Gasteiger partial charge in [0.05, 0.1) is 6.04 Å². The van der Waals surface area contributed by atoms with Crippen LogP contribution in [0.15, 0.2) is 0 Å². The number of hydrogen-bond donors (Lipinski definition) is 2. The maximum absolute atomic E-state index is 12.2. The highest BCUT2D eigenvalue weighted by Crippen LogP contribution is 2.33. The van der Waals surface area contributed by atoms with Gasteiger partial charge in [-0.2, -0.15) is 0 Å². The standard InChI is InChI=1S/C13H20N4OS/c1-2-11-16-17-13(19-11)15-12(18)10-7-8-5-3-4-6-9(8)14-10/h8-10,14H,2-7H2,1H3,(H,15,17,18). The summed E-state index contributed by atoms with van der Waals surface area (Å²) in [6.45, 7) is 2.04. The first-order valence-corrected chi connectivity index (χ1v) is 7.97. The molecule has 6 heteroatoms. The maximum atomic E-state index is 12.2. The van der Waals surface area contributed by atoms with Gasteiger partial charge in [-0.1, -0.05) is 31.1 Å². The topological polar surface area (TPSA) is 66.9 Å². The van der Waals surface area contributed by atoms with Crippen LogP contribution in [0.2, 0.25) is 0 Å². The lowest BCUT2D eigenvalue weighted by molar-refractivity contribution is -0.117. The monoisotopic (exact) mass is 280 g/mol. The van der Waals surface area contributed by atoms with Gasteiger partial charge in [0.1, 0.15) is 5.01 Å². The summed E-state index contributed by atoms with van der Waals surface area (Å²) < 4.78 is 0. The summed E-state index contributed by atoms with van der Waals surface area (Å²) in [6, 6.07) is 0.493. The van der Waals surface area contributed by atoms with Gasteiger partial charge in [0.15, 0.2) is 0 Å². The summed E-state index contributed by atoms with van der Waals surface area (Å²) in [7, 11) is 0. The summed E-state index contributed by atoms with van der Waals surface area (Å²) >= 11 is 1.46. The van der Waals surface area contributed by atoms with Gasteiger partial charge in [0.2, 0.25) is 11.0 Å². The molecule has 2 fully saturated rings. The van der Waals surface area contributed by atoms with E-state index in [2.05, 4.69) is 20.8 Å². The molecule has 2 N–H and O–H groups in total. The molecule has 104 valence electrons. The van der Waals surface area contributed by atoms with Crippen LogP contribution in [0.3, 0.4) is 0 Å². The van der Waals surface area contributed by atoms with Crippen molar-refractivity contribution >= 4 is 22.4 Å². The Morgan fingerprint density at radius 1 is 1.42 bits per heavy atom. The lowest BCUT2D eigenvalue weighted by Crippen LogP contribution is -2.39. The predicted octanol–water partition coefficient (Wildman–Crippen LogP) is 1.96. The van der Waals surface area contributed by atoms with Gasteiger partial charge in [-0.05, 0) is 31.6 Å². The van der Waals surface area contributed by atoms with Crippen molar-refractivity contribution in [1.82, 2.24) is 15.5 Å². The molecule has 1 saturated heterocycles. The second-order valence-electron chi connectivity index (χ2n) is 5.45. The molecule has 1 saturated carbocycles. The molecule has 3 atom stereocenters. The number of nitrogens with one attached hydrogen (secondary N) is 2. The predicted molar refractivity (Wildman–Crippen MR) is 75.2 cm³/mol. The van der Waals surface area contributed by atoms with Crippen LogP contribution in [0.25, 0.3) is 0 Å². The summed E-state index contributed by atoms with van der Waals surface area (Å²) in [6.07, 6.45) is 6.91. The van der Waals surface area contributed by atoms with E-state index in [1.165, 1.54) is 37.0 Å². The van der Waals surface area contributed by atoms with Crippen LogP contribution < -0.4 is 10.6 Å². The normalized spacial score (nSPS) is 30.1. The Morgan fingerprint density at radius 2 is 2.26 bits per heavy atom. The van der Waals surface area contributed by atoms with Crippen molar-refractivity contribution in [2.45, 2.75) is 57.5 Å². The quantitative estimate of drug-likeness (QED) is 0.888. The van der Waals surface area contributed by atoms with Crippen molar-refractivity contribution in [2.75, 3.05) is 5.32 Å². The van der Waals surface area contributed by atoms with Crippen LogP contribution in [0.4, 0.5) is 5.13 Å². The number of nitrogens with zero attached hydrogens (tertiary/aromatic N) is 2. The molecule has 5 nitrogen and oxygen atoms in total. The van der Waals surface area contributed by atoms with Gasteiger partial charge < -0.3 is 5.32 Å². The lowest BCUT2D eigenvalue weighted by Gasteiger charge is -2.24. The number of aromatic nitrogens is 2. The highest BCUT2D eigenvalue weighted by Gasteiger charge is 2.38. The largest absolute Gasteiger partial charge is 0.303 e. The summed E-state index contributed by atoms with van der Waals surface area (Å²) in [5, 5.41) is 16.0. The number of aryl methyl sites for hydroxylation is 1. The van der Waals surface area contributed by atoms with E-state index in [0.29, 0.717) is 17.1 Å². The van der Waals surface area contributed by atoms with Gasteiger partial charge >= 0.3 is 0 Å². The lowest BCUT2D eigenvalue weighted by atomic mass is 9.85. The van der Waals surface area contributed by atoms with Crippen LogP contribution in [0, 0.1) is 5.92 Å². The van der Waals surface area contributed by atoms with Crippen LogP contribution in [0.1, 0.15) is 44.0 Å². The van der Waals surface area contributed by atoms with E-state index >= 15 is 0 Å². The number of amides is 1. The zero-order valence-corrected chi connectivity index (χ0v) is 12.0. The molecule has 2 aliphatic rings. The van der Waals surface area contributed by atoms with E-state index in [4.69, 9.17) is 0 Å². The highest BCUT2D eigenvalue weighted by molar-refractivity contribution is 7.15.